The molecule has 0 aliphatic rings. The van der Waals surface area contributed by atoms with E-state index in [1.165, 1.54) is 12.1 Å². The summed E-state index contributed by atoms with van der Waals surface area (Å²) in [6.45, 7) is 2.68. The Morgan fingerprint density at radius 1 is 1.17 bits per heavy atom. The Morgan fingerprint density at radius 3 is 2.52 bits per heavy atom. The van der Waals surface area contributed by atoms with Gasteiger partial charge in [-0.15, -0.1) is 13.2 Å². The molecule has 0 fully saturated rings. The lowest BCUT2D eigenvalue weighted by atomic mass is 10.1. The summed E-state index contributed by atoms with van der Waals surface area (Å²) >= 11 is 0. The quantitative estimate of drug-likeness (QED) is 0.619. The summed E-state index contributed by atoms with van der Waals surface area (Å²) in [5.74, 6) is -0.739. The maximum atomic E-state index is 12.9. The number of carbonyl (C=O) groups is 1. The van der Waals surface area contributed by atoms with E-state index in [1.807, 2.05) is 24.1 Å². The number of amides is 1. The molecule has 0 aliphatic heterocycles. The third-order valence-electron chi connectivity index (χ3n) is 3.98. The van der Waals surface area contributed by atoms with Crippen molar-refractivity contribution >= 4 is 17.3 Å². The molecular formula is C20H19F3N4O2. The van der Waals surface area contributed by atoms with Crippen LogP contribution in [-0.2, 0) is 0 Å². The molecule has 1 aromatic heterocycles. The molecule has 0 aliphatic carbocycles. The zero-order valence-electron chi connectivity index (χ0n) is 15.6. The van der Waals surface area contributed by atoms with Crippen LogP contribution in [-0.4, -0.2) is 28.5 Å². The number of nitrogens with one attached hydrogen (secondary N) is 1. The van der Waals surface area contributed by atoms with Crippen molar-refractivity contribution in [2.75, 3.05) is 16.9 Å². The smallest absolute Gasteiger partial charge is 0.406 e. The first-order valence-electron chi connectivity index (χ1n) is 8.89. The van der Waals surface area contributed by atoms with E-state index in [9.17, 15) is 18.0 Å². The van der Waals surface area contributed by atoms with Crippen molar-refractivity contribution in [3.63, 3.8) is 0 Å². The van der Waals surface area contributed by atoms with E-state index < -0.39 is 6.36 Å². The van der Waals surface area contributed by atoms with Crippen LogP contribution < -0.4 is 15.1 Å². The second-order valence-corrected chi connectivity index (χ2v) is 6.11. The lowest BCUT2D eigenvalue weighted by molar-refractivity contribution is -0.274. The van der Waals surface area contributed by atoms with Gasteiger partial charge in [-0.2, -0.15) is 0 Å². The van der Waals surface area contributed by atoms with Crippen molar-refractivity contribution in [2.24, 2.45) is 0 Å². The zero-order chi connectivity index (χ0) is 20.9. The number of alkyl halides is 3. The number of nitrogens with zero attached hydrogens (tertiary/aromatic N) is 3. The normalized spacial score (nSPS) is 11.2. The van der Waals surface area contributed by atoms with Crippen molar-refractivity contribution in [2.45, 2.75) is 19.7 Å². The minimum Gasteiger partial charge on any atom is -0.406 e. The van der Waals surface area contributed by atoms with Crippen LogP contribution in [0.1, 0.15) is 23.7 Å². The first kappa shape index (κ1) is 20.2. The fourth-order valence-corrected chi connectivity index (χ4v) is 2.80. The third kappa shape index (κ3) is 5.28. The Balaban J connectivity index is 1.81. The number of ether oxygens (including phenoxy) is 1. The highest BCUT2D eigenvalue weighted by Crippen LogP contribution is 2.26. The maximum Gasteiger partial charge on any atom is 0.573 e. The lowest BCUT2D eigenvalue weighted by Crippen LogP contribution is -2.31. The van der Waals surface area contributed by atoms with Crippen LogP contribution in [0, 0.1) is 0 Å². The average Bonchev–Trinajstić information content (AvgIpc) is 3.21. The van der Waals surface area contributed by atoms with Gasteiger partial charge >= 0.3 is 6.36 Å². The van der Waals surface area contributed by atoms with E-state index in [0.717, 1.165) is 18.6 Å². The minimum atomic E-state index is -4.76. The van der Waals surface area contributed by atoms with Gasteiger partial charge < -0.3 is 10.1 Å². The van der Waals surface area contributed by atoms with Gasteiger partial charge in [0, 0.05) is 24.6 Å². The van der Waals surface area contributed by atoms with Crippen molar-refractivity contribution in [3.05, 3.63) is 72.8 Å². The lowest BCUT2D eigenvalue weighted by Gasteiger charge is -2.27. The van der Waals surface area contributed by atoms with Gasteiger partial charge in [0.15, 0.2) is 0 Å². The molecule has 0 atom stereocenters. The van der Waals surface area contributed by atoms with Gasteiger partial charge in [-0.3, -0.25) is 9.80 Å². The molecule has 1 heterocycles. The summed E-state index contributed by atoms with van der Waals surface area (Å²) in [6, 6.07) is 12.1. The van der Waals surface area contributed by atoms with Crippen LogP contribution in [0.4, 0.5) is 24.5 Å². The monoisotopic (exact) mass is 404 g/mol. The Bertz CT molecular complexity index is 941. The Kier molecular flexibility index (Phi) is 6.06. The topological polar surface area (TPSA) is 59.4 Å². The number of rotatable bonds is 7. The zero-order valence-corrected chi connectivity index (χ0v) is 15.6. The van der Waals surface area contributed by atoms with Crippen LogP contribution >= 0.6 is 0 Å². The minimum absolute atomic E-state index is 0.351. The number of hydrogen-bond donors (Lipinski definition) is 1. The van der Waals surface area contributed by atoms with E-state index in [1.54, 1.807) is 35.5 Å². The van der Waals surface area contributed by atoms with Crippen LogP contribution in [0.3, 0.4) is 0 Å². The molecule has 152 valence electrons. The van der Waals surface area contributed by atoms with E-state index in [-0.39, 0.29) is 11.7 Å². The summed E-state index contributed by atoms with van der Waals surface area (Å²) in [4.78, 5) is 16.9. The number of hydrogen-bond acceptors (Lipinski definition) is 4. The van der Waals surface area contributed by atoms with E-state index in [2.05, 4.69) is 15.0 Å². The number of anilines is 2. The molecule has 0 saturated heterocycles. The van der Waals surface area contributed by atoms with Crippen LogP contribution in [0.15, 0.2) is 67.3 Å². The summed E-state index contributed by atoms with van der Waals surface area (Å²) in [5.41, 5.74) is 1.45. The summed E-state index contributed by atoms with van der Waals surface area (Å²) in [7, 11) is 0. The van der Waals surface area contributed by atoms with Crippen molar-refractivity contribution in [1.82, 2.24) is 9.66 Å². The Labute approximate surface area is 165 Å². The number of carbonyl (C=O) groups excluding carboxylic acids is 1. The van der Waals surface area contributed by atoms with E-state index in [0.29, 0.717) is 23.5 Å². The van der Waals surface area contributed by atoms with Gasteiger partial charge in [0.2, 0.25) is 0 Å². The molecule has 0 unspecified atom stereocenters. The number of imidazole rings is 1. The van der Waals surface area contributed by atoms with E-state index in [4.69, 9.17) is 0 Å². The molecule has 2 aromatic carbocycles. The standard InChI is InChI=1S/C20H19F3N4O2/c1-2-12-27(26-13-11-24-14-26)18-6-4-3-5-17(18)19(28)25-15-7-9-16(10-8-15)29-20(21,22)23/h3-11,13-14H,2,12H2,1H3,(H,25,28). The van der Waals surface area contributed by atoms with Gasteiger partial charge in [-0.25, -0.2) is 9.66 Å². The predicted molar refractivity (Wildman–Crippen MR) is 103 cm³/mol. The largest absolute Gasteiger partial charge is 0.573 e. The average molecular weight is 404 g/mol. The fraction of sp³-hybridized carbons (Fsp3) is 0.200. The van der Waals surface area contributed by atoms with Crippen molar-refractivity contribution < 1.29 is 22.7 Å². The number of halogens is 3. The predicted octanol–water partition coefficient (Wildman–Crippen LogP) is 4.71. The first-order chi connectivity index (χ1) is 13.9. The molecule has 3 rings (SSSR count). The second kappa shape index (κ2) is 8.68. The number of benzene rings is 2. The van der Waals surface area contributed by atoms with Crippen LogP contribution in [0.2, 0.25) is 0 Å². The van der Waals surface area contributed by atoms with Gasteiger partial charge in [0.05, 0.1) is 11.3 Å². The van der Waals surface area contributed by atoms with Gasteiger partial charge in [-0.05, 0) is 42.8 Å². The van der Waals surface area contributed by atoms with Gasteiger partial charge in [-0.1, -0.05) is 19.1 Å². The molecule has 1 amide bonds. The molecule has 0 saturated carbocycles. The van der Waals surface area contributed by atoms with Crippen LogP contribution in [0.25, 0.3) is 0 Å². The summed E-state index contributed by atoms with van der Waals surface area (Å²) < 4.78 is 42.4. The number of para-hydroxylation sites is 1. The summed E-state index contributed by atoms with van der Waals surface area (Å²) in [5, 5.41) is 4.62. The van der Waals surface area contributed by atoms with Gasteiger partial charge in [0.1, 0.15) is 12.1 Å². The maximum absolute atomic E-state index is 12.9. The molecular weight excluding hydrogens is 385 g/mol. The first-order valence-corrected chi connectivity index (χ1v) is 8.89. The molecule has 6 nitrogen and oxygen atoms in total. The molecule has 0 spiro atoms. The fourth-order valence-electron chi connectivity index (χ4n) is 2.80. The highest BCUT2D eigenvalue weighted by molar-refractivity contribution is 6.08. The van der Waals surface area contributed by atoms with Crippen LogP contribution in [0.5, 0.6) is 5.75 Å². The highest BCUT2D eigenvalue weighted by atomic mass is 19.4. The molecule has 29 heavy (non-hydrogen) atoms. The van der Waals surface area contributed by atoms with Gasteiger partial charge in [0.25, 0.3) is 5.91 Å². The summed E-state index contributed by atoms with van der Waals surface area (Å²) in [6.07, 6.45) is 1.15. The number of aromatic nitrogens is 2. The van der Waals surface area contributed by atoms with Crippen molar-refractivity contribution in [3.8, 4) is 5.75 Å². The van der Waals surface area contributed by atoms with Crippen molar-refractivity contribution in [1.29, 1.82) is 0 Å². The molecule has 9 heteroatoms. The Hall–Kier alpha value is -3.49. The highest BCUT2D eigenvalue weighted by Gasteiger charge is 2.31. The SMILES string of the molecule is CCCN(c1ccccc1C(=O)Nc1ccc(OC(F)(F)F)cc1)n1ccnc1. The molecule has 1 N–H and O–H groups in total. The second-order valence-electron chi connectivity index (χ2n) is 6.11. The molecule has 0 radical (unpaired) electrons. The Morgan fingerprint density at radius 2 is 1.90 bits per heavy atom. The van der Waals surface area contributed by atoms with E-state index >= 15 is 0 Å². The third-order valence-corrected chi connectivity index (χ3v) is 3.98. The molecule has 0 bridgehead atoms. The molecule has 3 aromatic rings.